The minimum Gasteiger partial charge on any atom is -0.488 e. The molecule has 1 fully saturated rings. The fourth-order valence-electron chi connectivity index (χ4n) is 2.20. The molecule has 0 spiro atoms. The van der Waals surface area contributed by atoms with Gasteiger partial charge in [-0.2, -0.15) is 0 Å². The van der Waals surface area contributed by atoms with Crippen LogP contribution in [-0.4, -0.2) is 24.2 Å². The first kappa shape index (κ1) is 11.9. The van der Waals surface area contributed by atoms with Crippen LogP contribution in [0.5, 0.6) is 5.75 Å². The summed E-state index contributed by atoms with van der Waals surface area (Å²) < 4.78 is 6.90. The van der Waals surface area contributed by atoms with Crippen LogP contribution in [0.3, 0.4) is 0 Å². The first-order valence-corrected chi connectivity index (χ1v) is 6.28. The van der Waals surface area contributed by atoms with Gasteiger partial charge in [0.2, 0.25) is 0 Å². The number of halogens is 1. The molecule has 2 unspecified atom stereocenters. The summed E-state index contributed by atoms with van der Waals surface area (Å²) in [5, 5.41) is 3.31. The summed E-state index contributed by atoms with van der Waals surface area (Å²) in [5.41, 5.74) is 0.178. The van der Waals surface area contributed by atoms with Crippen molar-refractivity contribution in [3.63, 3.8) is 0 Å². The molecule has 1 aliphatic carbocycles. The highest BCUT2D eigenvalue weighted by atomic mass is 79.9. The van der Waals surface area contributed by atoms with E-state index in [0.717, 1.165) is 16.6 Å². The van der Waals surface area contributed by atoms with Crippen LogP contribution in [-0.2, 0) is 0 Å². The summed E-state index contributed by atoms with van der Waals surface area (Å²) >= 11 is 3.39. The lowest BCUT2D eigenvalue weighted by Crippen LogP contribution is -2.61. The van der Waals surface area contributed by atoms with E-state index in [9.17, 15) is 0 Å². The molecule has 0 aromatic carbocycles. The molecule has 2 atom stereocenters. The molecule has 88 valence electrons. The lowest BCUT2D eigenvalue weighted by molar-refractivity contribution is -0.0522. The second kappa shape index (κ2) is 4.34. The predicted octanol–water partition coefficient (Wildman–Crippen LogP) is 2.61. The normalized spacial score (nSPS) is 27.2. The van der Waals surface area contributed by atoms with Crippen molar-refractivity contribution in [3.8, 4) is 5.75 Å². The van der Waals surface area contributed by atoms with Crippen molar-refractivity contribution in [2.24, 2.45) is 5.41 Å². The van der Waals surface area contributed by atoms with Gasteiger partial charge in [-0.1, -0.05) is 13.8 Å². The Balaban J connectivity index is 2.02. The van der Waals surface area contributed by atoms with Crippen molar-refractivity contribution in [1.29, 1.82) is 0 Å². The fraction of sp³-hybridized carbons (Fsp3) is 0.583. The third-order valence-electron chi connectivity index (χ3n) is 3.48. The summed E-state index contributed by atoms with van der Waals surface area (Å²) in [4.78, 5) is 4.10. The van der Waals surface area contributed by atoms with Gasteiger partial charge in [-0.3, -0.25) is 4.98 Å². The maximum atomic E-state index is 5.95. The third kappa shape index (κ3) is 2.09. The largest absolute Gasteiger partial charge is 0.488 e. The Morgan fingerprint density at radius 2 is 2.25 bits per heavy atom. The highest BCUT2D eigenvalue weighted by Gasteiger charge is 2.49. The van der Waals surface area contributed by atoms with E-state index in [4.69, 9.17) is 4.74 Å². The Hall–Kier alpha value is -0.610. The zero-order valence-corrected chi connectivity index (χ0v) is 11.4. The Kier molecular flexibility index (Phi) is 3.22. The van der Waals surface area contributed by atoms with Crippen LogP contribution < -0.4 is 10.1 Å². The average molecular weight is 285 g/mol. The van der Waals surface area contributed by atoms with Gasteiger partial charge in [-0.05, 0) is 29.0 Å². The fourth-order valence-corrected chi connectivity index (χ4v) is 2.54. The first-order valence-electron chi connectivity index (χ1n) is 5.48. The topological polar surface area (TPSA) is 34.1 Å². The van der Waals surface area contributed by atoms with Gasteiger partial charge >= 0.3 is 0 Å². The maximum absolute atomic E-state index is 5.95. The van der Waals surface area contributed by atoms with Crippen molar-refractivity contribution >= 4 is 15.9 Å². The minimum atomic E-state index is 0.178. The van der Waals surface area contributed by atoms with Crippen molar-refractivity contribution < 1.29 is 4.74 Å². The van der Waals surface area contributed by atoms with Gasteiger partial charge in [-0.15, -0.1) is 0 Å². The summed E-state index contributed by atoms with van der Waals surface area (Å²) in [7, 11) is 2.00. The van der Waals surface area contributed by atoms with Gasteiger partial charge < -0.3 is 10.1 Å². The summed E-state index contributed by atoms with van der Waals surface area (Å²) in [6, 6.07) is 2.49. The number of ether oxygens (including phenoxy) is 1. The van der Waals surface area contributed by atoms with Crippen molar-refractivity contribution in [3.05, 3.63) is 22.9 Å². The second-order valence-electron chi connectivity index (χ2n) is 4.84. The summed E-state index contributed by atoms with van der Waals surface area (Å²) in [5.74, 6) is 0.835. The lowest BCUT2D eigenvalue weighted by Gasteiger charge is -2.51. The monoisotopic (exact) mass is 284 g/mol. The predicted molar refractivity (Wildman–Crippen MR) is 67.6 cm³/mol. The molecule has 1 aromatic heterocycles. The SMILES string of the molecule is CNC1CC(Oc2cncc(Br)c2)C1(C)C. The molecule has 1 N–H and O–H groups in total. The Morgan fingerprint density at radius 3 is 2.81 bits per heavy atom. The van der Waals surface area contributed by atoms with Gasteiger partial charge in [-0.25, -0.2) is 0 Å². The smallest absolute Gasteiger partial charge is 0.139 e. The van der Waals surface area contributed by atoms with Gasteiger partial charge in [0.05, 0.1) is 6.20 Å². The Labute approximate surface area is 105 Å². The van der Waals surface area contributed by atoms with Gasteiger partial charge in [0.25, 0.3) is 0 Å². The van der Waals surface area contributed by atoms with E-state index < -0.39 is 0 Å². The molecule has 0 radical (unpaired) electrons. The molecule has 0 amide bonds. The van der Waals surface area contributed by atoms with Crippen LogP contribution in [0.1, 0.15) is 20.3 Å². The van der Waals surface area contributed by atoms with Gasteiger partial charge in [0.15, 0.2) is 0 Å². The van der Waals surface area contributed by atoms with Gasteiger partial charge in [0.1, 0.15) is 11.9 Å². The highest BCUT2D eigenvalue weighted by molar-refractivity contribution is 9.10. The molecule has 0 aliphatic heterocycles. The molecule has 0 saturated heterocycles. The minimum absolute atomic E-state index is 0.178. The van der Waals surface area contributed by atoms with E-state index in [-0.39, 0.29) is 11.5 Å². The maximum Gasteiger partial charge on any atom is 0.139 e. The van der Waals surface area contributed by atoms with Crippen LogP contribution in [0.25, 0.3) is 0 Å². The number of pyridine rings is 1. The molecular weight excluding hydrogens is 268 g/mol. The average Bonchev–Trinajstić information content (AvgIpc) is 2.23. The second-order valence-corrected chi connectivity index (χ2v) is 5.76. The zero-order valence-electron chi connectivity index (χ0n) is 9.83. The van der Waals surface area contributed by atoms with Crippen LogP contribution in [0, 0.1) is 5.41 Å². The molecule has 0 bridgehead atoms. The Morgan fingerprint density at radius 1 is 1.50 bits per heavy atom. The molecule has 3 nitrogen and oxygen atoms in total. The molecular formula is C12H17BrN2O. The number of rotatable bonds is 3. The van der Waals surface area contributed by atoms with E-state index in [1.165, 1.54) is 0 Å². The molecule has 2 rings (SSSR count). The molecule has 4 heteroatoms. The van der Waals surface area contributed by atoms with Gasteiger partial charge in [0, 0.05) is 28.5 Å². The number of nitrogens with one attached hydrogen (secondary N) is 1. The summed E-state index contributed by atoms with van der Waals surface area (Å²) in [6.45, 7) is 4.46. The van der Waals surface area contributed by atoms with E-state index in [2.05, 4.69) is 40.1 Å². The van der Waals surface area contributed by atoms with E-state index in [0.29, 0.717) is 6.04 Å². The number of aromatic nitrogens is 1. The van der Waals surface area contributed by atoms with E-state index in [1.807, 2.05) is 13.1 Å². The Bertz CT molecular complexity index is 381. The third-order valence-corrected chi connectivity index (χ3v) is 3.92. The van der Waals surface area contributed by atoms with Crippen LogP contribution in [0.2, 0.25) is 0 Å². The standard InChI is InChI=1S/C12H17BrN2O/c1-12(2)10(14-3)5-11(12)16-9-4-8(13)6-15-7-9/h4,6-7,10-11,14H,5H2,1-3H3. The molecule has 16 heavy (non-hydrogen) atoms. The number of nitrogens with zero attached hydrogens (tertiary/aromatic N) is 1. The molecule has 1 aromatic rings. The highest BCUT2D eigenvalue weighted by Crippen LogP contribution is 2.42. The quantitative estimate of drug-likeness (QED) is 0.927. The van der Waals surface area contributed by atoms with E-state index >= 15 is 0 Å². The number of hydrogen-bond acceptors (Lipinski definition) is 3. The van der Waals surface area contributed by atoms with Crippen molar-refractivity contribution in [1.82, 2.24) is 10.3 Å². The summed E-state index contributed by atoms with van der Waals surface area (Å²) in [6.07, 6.45) is 4.83. The molecule has 1 saturated carbocycles. The zero-order chi connectivity index (χ0) is 11.8. The number of hydrogen-bond donors (Lipinski definition) is 1. The van der Waals surface area contributed by atoms with Crippen LogP contribution >= 0.6 is 15.9 Å². The van der Waals surface area contributed by atoms with E-state index in [1.54, 1.807) is 12.4 Å². The van der Waals surface area contributed by atoms with Crippen molar-refractivity contribution in [2.75, 3.05) is 7.05 Å². The lowest BCUT2D eigenvalue weighted by atomic mass is 9.64. The van der Waals surface area contributed by atoms with Crippen molar-refractivity contribution in [2.45, 2.75) is 32.4 Å². The molecule has 1 heterocycles. The molecule has 1 aliphatic rings. The van der Waals surface area contributed by atoms with Crippen LogP contribution in [0.4, 0.5) is 0 Å². The first-order chi connectivity index (χ1) is 7.54. The van der Waals surface area contributed by atoms with Crippen LogP contribution in [0.15, 0.2) is 22.9 Å².